The highest BCUT2D eigenvalue weighted by Crippen LogP contribution is 2.34. The minimum absolute atomic E-state index is 0.0868. The Hall–Kier alpha value is -6.82. The van der Waals surface area contributed by atoms with Gasteiger partial charge in [-0.2, -0.15) is 5.10 Å². The number of pyridine rings is 1. The van der Waals surface area contributed by atoms with Crippen LogP contribution in [0.1, 0.15) is 95.2 Å². The fourth-order valence-electron chi connectivity index (χ4n) is 7.74. The molecule has 1 atom stereocenters. The number of amides is 4. The van der Waals surface area contributed by atoms with Crippen molar-refractivity contribution in [2.75, 3.05) is 32.1 Å². The summed E-state index contributed by atoms with van der Waals surface area (Å²) in [6, 6.07) is 14.9. The number of hydrogen-bond acceptors (Lipinski definition) is 10. The topological polar surface area (TPSA) is 188 Å². The first-order valence-electron chi connectivity index (χ1n) is 21.0. The number of alkyl halides is 2. The van der Waals surface area contributed by atoms with Crippen molar-refractivity contribution in [2.45, 2.75) is 70.3 Å². The van der Waals surface area contributed by atoms with Crippen LogP contribution in [0.5, 0.6) is 0 Å². The fraction of sp³-hybridized carbons (Fsp3) is 0.378. The molecule has 2 fully saturated rings. The van der Waals surface area contributed by atoms with E-state index < -0.39 is 30.0 Å². The van der Waals surface area contributed by atoms with E-state index in [9.17, 15) is 32.8 Å². The maximum Gasteiger partial charge on any atom is 0.329 e. The number of aryl methyl sites for hydroxylation is 3. The molecule has 8 rings (SSSR count). The van der Waals surface area contributed by atoms with Crippen LogP contribution in [0.15, 0.2) is 82.5 Å². The van der Waals surface area contributed by atoms with Crippen molar-refractivity contribution in [1.82, 2.24) is 39.1 Å². The number of benzene rings is 2. The number of carbonyl (C=O) groups is 4. The highest BCUT2D eigenvalue weighted by Gasteiger charge is 2.31. The number of piperidine rings is 1. The van der Waals surface area contributed by atoms with E-state index in [4.69, 9.17) is 9.15 Å². The molecule has 16 nitrogen and oxygen atoms in total. The number of anilines is 1. The number of nitrogens with one attached hydrogen (secondary N) is 2. The standard InChI is InChI=1S/C45H47F2N9O7/c1-53(20-4-22-62-21-3-5-28-9-15-35-37(23-28)54(2)45(61)56(35)36-16-17-38(57)51-42(36)59)44(60)29-10-13-32(14-11-29)55-25-33(39(52-55)40(46)47)49-41(58)34-26-63-43(50-34)30-18-19-48-31(24-30)12-8-27-6-7-27/h9-11,13-15,18-19,23-27,36,40H,3-8,12,16-17,20-22H2,1-2H3,(H,49,58)(H,51,57,59). The molecule has 6 aromatic rings. The predicted octanol–water partition coefficient (Wildman–Crippen LogP) is 6.20. The van der Waals surface area contributed by atoms with E-state index >= 15 is 0 Å². The molecule has 0 bridgehead atoms. The molecule has 4 amide bonds. The zero-order valence-corrected chi connectivity index (χ0v) is 34.9. The van der Waals surface area contributed by atoms with Gasteiger partial charge in [0.2, 0.25) is 17.7 Å². The van der Waals surface area contributed by atoms with Crippen molar-refractivity contribution >= 4 is 40.3 Å². The molecule has 63 heavy (non-hydrogen) atoms. The van der Waals surface area contributed by atoms with Crippen LogP contribution in [0.2, 0.25) is 0 Å². The molecule has 1 unspecified atom stereocenters. The van der Waals surface area contributed by atoms with E-state index in [1.54, 1.807) is 55.5 Å². The highest BCUT2D eigenvalue weighted by atomic mass is 19.3. The molecule has 0 radical (unpaired) electrons. The summed E-state index contributed by atoms with van der Waals surface area (Å²) in [6.45, 7) is 1.37. The van der Waals surface area contributed by atoms with Gasteiger partial charge in [-0.05, 0) is 98.5 Å². The molecular weight excluding hydrogens is 817 g/mol. The van der Waals surface area contributed by atoms with Crippen molar-refractivity contribution in [3.05, 3.63) is 112 Å². The normalized spacial score (nSPS) is 15.3. The molecule has 1 aliphatic carbocycles. The van der Waals surface area contributed by atoms with Gasteiger partial charge in [-0.3, -0.25) is 38.6 Å². The first kappa shape index (κ1) is 42.9. The summed E-state index contributed by atoms with van der Waals surface area (Å²) in [7, 11) is 3.35. The molecule has 2 aromatic carbocycles. The maximum atomic E-state index is 14.1. The van der Waals surface area contributed by atoms with Crippen LogP contribution in [0, 0.1) is 5.92 Å². The van der Waals surface area contributed by atoms with Crippen LogP contribution in [0.4, 0.5) is 14.5 Å². The summed E-state index contributed by atoms with van der Waals surface area (Å²) in [5.74, 6) is -0.805. The summed E-state index contributed by atoms with van der Waals surface area (Å²) < 4.78 is 43.8. The Balaban J connectivity index is 0.791. The summed E-state index contributed by atoms with van der Waals surface area (Å²) in [4.78, 5) is 73.7. The maximum absolute atomic E-state index is 14.1. The highest BCUT2D eigenvalue weighted by molar-refractivity contribution is 6.03. The third-order valence-corrected chi connectivity index (χ3v) is 11.4. The van der Waals surface area contributed by atoms with Crippen LogP contribution in [0.3, 0.4) is 0 Å². The molecule has 0 spiro atoms. The largest absolute Gasteiger partial charge is 0.444 e. The fourth-order valence-corrected chi connectivity index (χ4v) is 7.74. The molecule has 4 aromatic heterocycles. The number of imide groups is 1. The van der Waals surface area contributed by atoms with Crippen LogP contribution >= 0.6 is 0 Å². The van der Waals surface area contributed by atoms with Crippen molar-refractivity contribution in [1.29, 1.82) is 0 Å². The first-order chi connectivity index (χ1) is 30.4. The number of oxazole rings is 1. The SMILES string of the molecule is CN(CCCOCCCc1ccc2c(c1)n(C)c(=O)n2C1CCC(=O)NC1=O)C(=O)c1ccc(-n2cc(NC(=O)c3coc(-c4ccnc(CCC5CC5)c4)n3)c(C(F)F)n2)cc1. The summed E-state index contributed by atoms with van der Waals surface area (Å²) in [5.41, 5.74) is 3.49. The van der Waals surface area contributed by atoms with Gasteiger partial charge in [0.1, 0.15) is 12.3 Å². The number of imidazole rings is 1. The third-order valence-electron chi connectivity index (χ3n) is 11.4. The van der Waals surface area contributed by atoms with Crippen LogP contribution in [-0.4, -0.2) is 84.2 Å². The lowest BCUT2D eigenvalue weighted by molar-refractivity contribution is -0.135. The van der Waals surface area contributed by atoms with Crippen molar-refractivity contribution in [3.8, 4) is 17.1 Å². The third kappa shape index (κ3) is 9.80. The van der Waals surface area contributed by atoms with Crippen molar-refractivity contribution in [3.63, 3.8) is 0 Å². The van der Waals surface area contributed by atoms with Gasteiger partial charge in [0.25, 0.3) is 18.2 Å². The molecule has 1 saturated heterocycles. The van der Waals surface area contributed by atoms with E-state index in [1.165, 1.54) is 39.1 Å². The Bertz CT molecular complexity index is 2720. The minimum Gasteiger partial charge on any atom is -0.444 e. The van der Waals surface area contributed by atoms with Crippen molar-refractivity contribution < 1.29 is 37.1 Å². The van der Waals surface area contributed by atoms with E-state index in [0.717, 1.165) is 36.4 Å². The zero-order valence-electron chi connectivity index (χ0n) is 34.9. The smallest absolute Gasteiger partial charge is 0.329 e. The average Bonchev–Trinajstić information content (AvgIpc) is 3.69. The number of aromatic nitrogens is 6. The first-order valence-corrected chi connectivity index (χ1v) is 21.0. The zero-order chi connectivity index (χ0) is 44.2. The van der Waals surface area contributed by atoms with Gasteiger partial charge in [0.05, 0.1) is 28.6 Å². The van der Waals surface area contributed by atoms with E-state index in [0.29, 0.717) is 60.4 Å². The Morgan fingerprint density at radius 2 is 1.79 bits per heavy atom. The Labute approximate surface area is 360 Å². The molecular formula is C45H47F2N9O7. The van der Waals surface area contributed by atoms with Gasteiger partial charge in [-0.25, -0.2) is 23.2 Å². The number of hydrogen-bond donors (Lipinski definition) is 2. The van der Waals surface area contributed by atoms with E-state index in [1.807, 2.05) is 24.3 Å². The molecule has 328 valence electrons. The number of ether oxygens (including phenoxy) is 1. The summed E-state index contributed by atoms with van der Waals surface area (Å²) in [6.07, 6.45) is 8.04. The molecule has 5 heterocycles. The van der Waals surface area contributed by atoms with Gasteiger partial charge < -0.3 is 19.4 Å². The summed E-state index contributed by atoms with van der Waals surface area (Å²) in [5, 5.41) is 8.83. The van der Waals surface area contributed by atoms with Gasteiger partial charge >= 0.3 is 5.69 Å². The number of fused-ring (bicyclic) bond motifs is 1. The summed E-state index contributed by atoms with van der Waals surface area (Å²) >= 11 is 0. The lowest BCUT2D eigenvalue weighted by atomic mass is 10.1. The number of rotatable bonds is 18. The van der Waals surface area contributed by atoms with Crippen LogP contribution in [-0.2, 0) is 34.2 Å². The average molecular weight is 864 g/mol. The quantitative estimate of drug-likeness (QED) is 0.0744. The second kappa shape index (κ2) is 18.7. The van der Waals surface area contributed by atoms with Gasteiger partial charge in [0.15, 0.2) is 11.4 Å². The molecule has 2 N–H and O–H groups in total. The molecule has 1 aliphatic heterocycles. The van der Waals surface area contributed by atoms with E-state index in [2.05, 4.69) is 25.7 Å². The molecule has 18 heteroatoms. The second-order valence-corrected chi connectivity index (χ2v) is 16.0. The van der Waals surface area contributed by atoms with Crippen LogP contribution < -0.4 is 16.3 Å². The number of halogens is 2. The van der Waals surface area contributed by atoms with Gasteiger partial charge in [0, 0.05) is 63.3 Å². The number of nitrogens with zero attached hydrogens (tertiary/aromatic N) is 7. The van der Waals surface area contributed by atoms with Crippen LogP contribution in [0.25, 0.3) is 28.2 Å². The van der Waals surface area contributed by atoms with Gasteiger partial charge in [-0.1, -0.05) is 18.9 Å². The molecule has 1 saturated carbocycles. The molecule has 2 aliphatic rings. The Morgan fingerprint density at radius 1 is 1.00 bits per heavy atom. The lowest BCUT2D eigenvalue weighted by Gasteiger charge is -2.21. The second-order valence-electron chi connectivity index (χ2n) is 16.0. The minimum atomic E-state index is -2.99. The lowest BCUT2D eigenvalue weighted by Crippen LogP contribution is -2.44. The number of carbonyl (C=O) groups excluding carboxylic acids is 4. The van der Waals surface area contributed by atoms with E-state index in [-0.39, 0.29) is 47.6 Å². The Kier molecular flexibility index (Phi) is 12.7. The van der Waals surface area contributed by atoms with Crippen molar-refractivity contribution in [2.24, 2.45) is 13.0 Å². The predicted molar refractivity (Wildman–Crippen MR) is 227 cm³/mol. The Morgan fingerprint density at radius 3 is 2.56 bits per heavy atom. The monoisotopic (exact) mass is 863 g/mol. The van der Waals surface area contributed by atoms with Gasteiger partial charge in [-0.15, -0.1) is 0 Å².